The van der Waals surface area contributed by atoms with Crippen molar-refractivity contribution >= 4 is 40.6 Å². The summed E-state index contributed by atoms with van der Waals surface area (Å²) in [6.07, 6.45) is 3.09. The van der Waals surface area contributed by atoms with Crippen molar-refractivity contribution in [3.05, 3.63) is 45.4 Å². The van der Waals surface area contributed by atoms with E-state index in [4.69, 9.17) is 16.3 Å². The predicted molar refractivity (Wildman–Crippen MR) is 82.5 cm³/mol. The third kappa shape index (κ3) is 3.82. The summed E-state index contributed by atoms with van der Waals surface area (Å²) in [6, 6.07) is 5.04. The number of aromatic nitrogens is 1. The molecule has 104 valence electrons. The van der Waals surface area contributed by atoms with E-state index in [1.165, 1.54) is 24.5 Å². The minimum absolute atomic E-state index is 0.267. The smallest absolute Gasteiger partial charge is 0.248 e. The van der Waals surface area contributed by atoms with Crippen LogP contribution in [-0.4, -0.2) is 18.0 Å². The molecule has 0 bridgehead atoms. The van der Waals surface area contributed by atoms with Crippen LogP contribution in [0.2, 0.25) is 5.02 Å². The van der Waals surface area contributed by atoms with Crippen molar-refractivity contribution in [1.82, 2.24) is 4.98 Å². The molecule has 0 fully saturated rings. The summed E-state index contributed by atoms with van der Waals surface area (Å²) in [5, 5.41) is 6.10. The number of nitrogens with zero attached hydrogens (tertiary/aromatic N) is 1. The van der Waals surface area contributed by atoms with E-state index in [-0.39, 0.29) is 5.91 Å². The van der Waals surface area contributed by atoms with E-state index in [1.807, 2.05) is 12.3 Å². The van der Waals surface area contributed by atoms with Crippen LogP contribution in [0.15, 0.2) is 29.7 Å². The lowest BCUT2D eigenvalue weighted by atomic mass is 10.3. The quantitative estimate of drug-likeness (QED) is 0.875. The molecule has 0 saturated heterocycles. The molecule has 1 amide bonds. The number of methoxy groups -OCH3 is 1. The van der Waals surface area contributed by atoms with E-state index in [9.17, 15) is 4.79 Å². The van der Waals surface area contributed by atoms with Crippen molar-refractivity contribution in [2.24, 2.45) is 0 Å². The lowest BCUT2D eigenvalue weighted by Crippen LogP contribution is -2.08. The normalized spacial score (nSPS) is 10.8. The number of hydrogen-bond donors (Lipinski definition) is 1. The minimum atomic E-state index is -0.267. The third-order valence-corrected chi connectivity index (χ3v) is 3.49. The molecule has 0 atom stereocenters. The molecule has 4 nitrogen and oxygen atoms in total. The summed E-state index contributed by atoms with van der Waals surface area (Å²) >= 11 is 7.44. The number of carbonyl (C=O) groups is 1. The molecule has 1 heterocycles. The van der Waals surface area contributed by atoms with Crippen LogP contribution in [0.4, 0.5) is 5.69 Å². The summed E-state index contributed by atoms with van der Waals surface area (Å²) in [7, 11) is 1.53. The van der Waals surface area contributed by atoms with Gasteiger partial charge in [0.05, 0.1) is 23.5 Å². The van der Waals surface area contributed by atoms with Crippen molar-refractivity contribution in [2.75, 3.05) is 12.4 Å². The van der Waals surface area contributed by atoms with Gasteiger partial charge in [0.1, 0.15) is 5.75 Å². The molecule has 0 radical (unpaired) electrons. The number of nitrogens with one attached hydrogen (secondary N) is 1. The average molecular weight is 309 g/mol. The number of carbonyl (C=O) groups excluding carboxylic acids is 1. The summed E-state index contributed by atoms with van der Waals surface area (Å²) < 4.78 is 5.16. The second-order valence-corrected chi connectivity index (χ2v) is 5.46. The molecule has 0 unspecified atom stereocenters. The number of anilines is 1. The summed E-state index contributed by atoms with van der Waals surface area (Å²) in [6.45, 7) is 1.92. The second-order valence-electron chi connectivity index (χ2n) is 3.96. The maximum atomic E-state index is 11.9. The first-order chi connectivity index (χ1) is 9.58. The molecule has 6 heteroatoms. The Bertz CT molecular complexity index is 652. The first kappa shape index (κ1) is 14.6. The highest BCUT2D eigenvalue weighted by Crippen LogP contribution is 2.27. The number of benzene rings is 1. The highest BCUT2D eigenvalue weighted by Gasteiger charge is 2.06. The first-order valence-corrected chi connectivity index (χ1v) is 7.09. The fourth-order valence-electron chi connectivity index (χ4n) is 1.57. The Hall–Kier alpha value is -1.85. The largest absolute Gasteiger partial charge is 0.495 e. The van der Waals surface area contributed by atoms with Gasteiger partial charge in [-0.05, 0) is 31.2 Å². The van der Waals surface area contributed by atoms with Gasteiger partial charge in [-0.2, -0.15) is 0 Å². The van der Waals surface area contributed by atoms with Crippen LogP contribution in [0, 0.1) is 6.92 Å². The molecule has 2 aromatic rings. The Morgan fingerprint density at radius 2 is 2.30 bits per heavy atom. The van der Waals surface area contributed by atoms with Gasteiger partial charge in [0.25, 0.3) is 0 Å². The van der Waals surface area contributed by atoms with Gasteiger partial charge in [-0.25, -0.2) is 4.98 Å². The van der Waals surface area contributed by atoms with Crippen molar-refractivity contribution < 1.29 is 9.53 Å². The van der Waals surface area contributed by atoms with Crippen molar-refractivity contribution in [2.45, 2.75) is 6.92 Å². The van der Waals surface area contributed by atoms with E-state index < -0.39 is 0 Å². The monoisotopic (exact) mass is 308 g/mol. The summed E-state index contributed by atoms with van der Waals surface area (Å²) in [5.41, 5.74) is 1.30. The van der Waals surface area contributed by atoms with E-state index >= 15 is 0 Å². The van der Waals surface area contributed by atoms with Gasteiger partial charge in [-0.3, -0.25) is 4.79 Å². The molecule has 0 aliphatic rings. The molecular formula is C14H13ClN2O2S. The molecule has 20 heavy (non-hydrogen) atoms. The molecular weight excluding hydrogens is 296 g/mol. The lowest BCUT2D eigenvalue weighted by molar-refractivity contribution is -0.111. The Morgan fingerprint density at radius 3 is 2.95 bits per heavy atom. The van der Waals surface area contributed by atoms with E-state index in [0.717, 1.165) is 10.7 Å². The van der Waals surface area contributed by atoms with Crippen LogP contribution in [0.5, 0.6) is 5.75 Å². The van der Waals surface area contributed by atoms with E-state index in [0.29, 0.717) is 16.5 Å². The standard InChI is InChI=1S/C14H13ClN2O2S/c1-9-16-11(8-20-9)4-6-14(18)17-12-7-10(15)3-5-13(12)19-2/h3-8H,1-2H3,(H,17,18)/b6-4+. The zero-order valence-electron chi connectivity index (χ0n) is 11.0. The maximum absolute atomic E-state index is 11.9. The number of halogens is 1. The number of thiazole rings is 1. The molecule has 1 aromatic heterocycles. The molecule has 0 aliphatic carbocycles. The maximum Gasteiger partial charge on any atom is 0.248 e. The third-order valence-electron chi connectivity index (χ3n) is 2.46. The van der Waals surface area contributed by atoms with Crippen LogP contribution in [0.25, 0.3) is 6.08 Å². The minimum Gasteiger partial charge on any atom is -0.495 e. The zero-order chi connectivity index (χ0) is 14.5. The summed E-state index contributed by atoms with van der Waals surface area (Å²) in [4.78, 5) is 16.1. The number of amides is 1. The van der Waals surface area contributed by atoms with Gasteiger partial charge in [0, 0.05) is 16.5 Å². The number of rotatable bonds is 4. The van der Waals surface area contributed by atoms with Crippen molar-refractivity contribution in [1.29, 1.82) is 0 Å². The Kier molecular flexibility index (Phi) is 4.76. The molecule has 0 aliphatic heterocycles. The van der Waals surface area contributed by atoms with Gasteiger partial charge >= 0.3 is 0 Å². The number of hydrogen-bond acceptors (Lipinski definition) is 4. The van der Waals surface area contributed by atoms with Crippen LogP contribution in [0.3, 0.4) is 0 Å². The van der Waals surface area contributed by atoms with Gasteiger partial charge in [-0.15, -0.1) is 11.3 Å². The van der Waals surface area contributed by atoms with Crippen molar-refractivity contribution in [3.8, 4) is 5.75 Å². The number of ether oxygens (including phenoxy) is 1. The van der Waals surface area contributed by atoms with Gasteiger partial charge in [0.2, 0.25) is 5.91 Å². The predicted octanol–water partition coefficient (Wildman–Crippen LogP) is 3.77. The van der Waals surface area contributed by atoms with Gasteiger partial charge in [0.15, 0.2) is 0 Å². The Balaban J connectivity index is 2.08. The van der Waals surface area contributed by atoms with Crippen LogP contribution >= 0.6 is 22.9 Å². The zero-order valence-corrected chi connectivity index (χ0v) is 12.6. The molecule has 0 saturated carbocycles. The first-order valence-electron chi connectivity index (χ1n) is 5.83. The van der Waals surface area contributed by atoms with Crippen LogP contribution in [0.1, 0.15) is 10.7 Å². The van der Waals surface area contributed by atoms with Gasteiger partial charge in [-0.1, -0.05) is 11.6 Å². The topological polar surface area (TPSA) is 51.2 Å². The lowest BCUT2D eigenvalue weighted by Gasteiger charge is -2.08. The van der Waals surface area contributed by atoms with E-state index in [1.54, 1.807) is 24.3 Å². The van der Waals surface area contributed by atoms with Crippen molar-refractivity contribution in [3.63, 3.8) is 0 Å². The fourth-order valence-corrected chi connectivity index (χ4v) is 2.32. The highest BCUT2D eigenvalue weighted by atomic mass is 35.5. The Labute approximate surface area is 126 Å². The molecule has 0 spiro atoms. The fraction of sp³-hybridized carbons (Fsp3) is 0.143. The SMILES string of the molecule is COc1ccc(Cl)cc1NC(=O)/C=C/c1csc(C)n1. The Morgan fingerprint density at radius 1 is 1.50 bits per heavy atom. The highest BCUT2D eigenvalue weighted by molar-refractivity contribution is 7.09. The number of aryl methyl sites for hydroxylation is 1. The second kappa shape index (κ2) is 6.54. The molecule has 1 aromatic carbocycles. The van der Waals surface area contributed by atoms with Crippen LogP contribution in [-0.2, 0) is 4.79 Å². The van der Waals surface area contributed by atoms with Gasteiger partial charge < -0.3 is 10.1 Å². The molecule has 2 rings (SSSR count). The van der Waals surface area contributed by atoms with E-state index in [2.05, 4.69) is 10.3 Å². The molecule has 1 N–H and O–H groups in total. The van der Waals surface area contributed by atoms with Crippen LogP contribution < -0.4 is 10.1 Å². The summed E-state index contributed by atoms with van der Waals surface area (Å²) in [5.74, 6) is 0.289. The average Bonchev–Trinajstić information content (AvgIpc) is 2.83.